The maximum absolute atomic E-state index is 8.70. The third-order valence-electron chi connectivity index (χ3n) is 2.09. The molecule has 0 aromatic carbocycles. The van der Waals surface area contributed by atoms with Crippen molar-refractivity contribution in [3.8, 4) is 0 Å². The molecule has 72 valence electrons. The van der Waals surface area contributed by atoms with Crippen molar-refractivity contribution in [3.63, 3.8) is 0 Å². The number of rotatable bonds is 4. The van der Waals surface area contributed by atoms with Gasteiger partial charge in [-0.1, -0.05) is 0 Å². The Morgan fingerprint density at radius 3 is 2.83 bits per heavy atom. The zero-order chi connectivity index (χ0) is 8.81. The lowest BCUT2D eigenvalue weighted by atomic mass is 10.2. The first-order valence-electron chi connectivity index (χ1n) is 4.42. The Labute approximate surface area is 72.7 Å². The summed E-state index contributed by atoms with van der Waals surface area (Å²) in [6.07, 6.45) is 0.845. The van der Waals surface area contributed by atoms with Gasteiger partial charge in [-0.3, -0.25) is 4.90 Å². The minimum Gasteiger partial charge on any atom is -0.396 e. The Morgan fingerprint density at radius 2 is 2.17 bits per heavy atom. The average molecular weight is 175 g/mol. The van der Waals surface area contributed by atoms with Crippen LogP contribution in [0.15, 0.2) is 0 Å². The largest absolute Gasteiger partial charge is 0.396 e. The molecule has 0 radical (unpaired) electrons. The normalized spacial score (nSPS) is 26.0. The summed E-state index contributed by atoms with van der Waals surface area (Å²) < 4.78 is 5.41. The number of aliphatic hydroxyl groups excluding tert-OH is 2. The molecule has 1 saturated heterocycles. The van der Waals surface area contributed by atoms with Crippen LogP contribution in [0.3, 0.4) is 0 Å². The first-order chi connectivity index (χ1) is 5.86. The summed E-state index contributed by atoms with van der Waals surface area (Å²) in [4.78, 5) is 2.16. The van der Waals surface area contributed by atoms with E-state index < -0.39 is 0 Å². The molecule has 0 aliphatic carbocycles. The van der Waals surface area contributed by atoms with Gasteiger partial charge in [0, 0.05) is 26.2 Å². The van der Waals surface area contributed by atoms with Gasteiger partial charge < -0.3 is 14.9 Å². The van der Waals surface area contributed by atoms with Crippen LogP contribution in [0.4, 0.5) is 0 Å². The summed E-state index contributed by atoms with van der Waals surface area (Å²) in [5, 5.41) is 17.4. The van der Waals surface area contributed by atoms with E-state index in [2.05, 4.69) is 4.90 Å². The minimum absolute atomic E-state index is 0.148. The van der Waals surface area contributed by atoms with Crippen molar-refractivity contribution >= 4 is 0 Å². The van der Waals surface area contributed by atoms with Gasteiger partial charge in [-0.2, -0.15) is 0 Å². The summed E-state index contributed by atoms with van der Waals surface area (Å²) in [6.45, 7) is 3.53. The summed E-state index contributed by atoms with van der Waals surface area (Å²) in [7, 11) is 0. The molecule has 1 fully saturated rings. The number of nitrogens with zero attached hydrogens (tertiary/aromatic N) is 1. The molecule has 1 aliphatic heterocycles. The molecule has 4 heteroatoms. The fourth-order valence-corrected chi connectivity index (χ4v) is 1.44. The Hall–Kier alpha value is -0.160. The van der Waals surface area contributed by atoms with Crippen LogP contribution in [0.5, 0.6) is 0 Å². The van der Waals surface area contributed by atoms with E-state index in [1.165, 1.54) is 0 Å². The fraction of sp³-hybridized carbons (Fsp3) is 1.00. The standard InChI is InChI=1S/C8H17NO3/c10-4-1-8-7-9(2-5-11)3-6-12-8/h8,10-11H,1-7H2. The van der Waals surface area contributed by atoms with E-state index in [4.69, 9.17) is 14.9 Å². The van der Waals surface area contributed by atoms with Crippen LogP contribution in [-0.2, 0) is 4.74 Å². The first-order valence-corrected chi connectivity index (χ1v) is 4.42. The van der Waals surface area contributed by atoms with E-state index >= 15 is 0 Å². The number of β-amino-alcohol motifs (C(OH)–C–C–N with tert-alkyl or cyclic N) is 1. The molecule has 0 amide bonds. The molecule has 1 unspecified atom stereocenters. The lowest BCUT2D eigenvalue weighted by molar-refractivity contribution is -0.0413. The molecule has 0 spiro atoms. The summed E-state index contributed by atoms with van der Waals surface area (Å²) in [6, 6.07) is 0. The van der Waals surface area contributed by atoms with Crippen LogP contribution in [-0.4, -0.2) is 60.7 Å². The summed E-state index contributed by atoms with van der Waals surface area (Å²) in [5.41, 5.74) is 0. The van der Waals surface area contributed by atoms with Crippen molar-refractivity contribution in [2.75, 3.05) is 39.5 Å². The third kappa shape index (κ3) is 3.06. The number of morpholine rings is 1. The molecular formula is C8H17NO3. The molecule has 2 N–H and O–H groups in total. The van der Waals surface area contributed by atoms with E-state index in [1.807, 2.05) is 0 Å². The van der Waals surface area contributed by atoms with Gasteiger partial charge in [0.15, 0.2) is 0 Å². The molecule has 0 saturated carbocycles. The average Bonchev–Trinajstić information content (AvgIpc) is 2.06. The van der Waals surface area contributed by atoms with Gasteiger partial charge in [0.25, 0.3) is 0 Å². The molecular weight excluding hydrogens is 158 g/mol. The van der Waals surface area contributed by atoms with Crippen molar-refractivity contribution in [2.24, 2.45) is 0 Å². The molecule has 1 heterocycles. The van der Waals surface area contributed by atoms with Crippen LogP contribution in [0.25, 0.3) is 0 Å². The zero-order valence-electron chi connectivity index (χ0n) is 7.28. The van der Waals surface area contributed by atoms with Crippen molar-refractivity contribution in [3.05, 3.63) is 0 Å². The Bertz CT molecular complexity index is 105. The van der Waals surface area contributed by atoms with Gasteiger partial charge in [-0.15, -0.1) is 0 Å². The van der Waals surface area contributed by atoms with Crippen LogP contribution < -0.4 is 0 Å². The quantitative estimate of drug-likeness (QED) is 0.579. The zero-order valence-corrected chi connectivity index (χ0v) is 7.28. The molecule has 1 atom stereocenters. The number of aliphatic hydroxyl groups is 2. The molecule has 1 rings (SSSR count). The molecule has 4 nitrogen and oxygen atoms in total. The molecule has 0 aromatic heterocycles. The highest BCUT2D eigenvalue weighted by Gasteiger charge is 2.18. The molecule has 12 heavy (non-hydrogen) atoms. The fourth-order valence-electron chi connectivity index (χ4n) is 1.44. The smallest absolute Gasteiger partial charge is 0.0724 e. The highest BCUT2D eigenvalue weighted by atomic mass is 16.5. The predicted molar refractivity (Wildman–Crippen MR) is 45.0 cm³/mol. The van der Waals surface area contributed by atoms with Crippen LogP contribution in [0, 0.1) is 0 Å². The van der Waals surface area contributed by atoms with E-state index in [1.54, 1.807) is 0 Å². The van der Waals surface area contributed by atoms with E-state index in [0.29, 0.717) is 19.6 Å². The Morgan fingerprint density at radius 1 is 1.33 bits per heavy atom. The number of ether oxygens (including phenoxy) is 1. The second-order valence-electron chi connectivity index (χ2n) is 3.03. The monoisotopic (exact) mass is 175 g/mol. The SMILES string of the molecule is OCCC1CN(CCO)CCO1. The lowest BCUT2D eigenvalue weighted by Gasteiger charge is -2.32. The van der Waals surface area contributed by atoms with Gasteiger partial charge in [0.05, 0.1) is 19.3 Å². The van der Waals surface area contributed by atoms with Crippen molar-refractivity contribution in [1.29, 1.82) is 0 Å². The number of hydrogen-bond donors (Lipinski definition) is 2. The van der Waals surface area contributed by atoms with Crippen molar-refractivity contribution in [1.82, 2.24) is 4.90 Å². The van der Waals surface area contributed by atoms with Crippen LogP contribution in [0.2, 0.25) is 0 Å². The van der Waals surface area contributed by atoms with Gasteiger partial charge in [0.1, 0.15) is 0 Å². The maximum Gasteiger partial charge on any atom is 0.0724 e. The summed E-state index contributed by atoms with van der Waals surface area (Å²) >= 11 is 0. The van der Waals surface area contributed by atoms with Gasteiger partial charge in [-0.05, 0) is 6.42 Å². The predicted octanol–water partition coefficient (Wildman–Crippen LogP) is -0.938. The summed E-state index contributed by atoms with van der Waals surface area (Å²) in [5.74, 6) is 0. The van der Waals surface area contributed by atoms with Crippen molar-refractivity contribution < 1.29 is 14.9 Å². The van der Waals surface area contributed by atoms with E-state index in [-0.39, 0.29) is 19.3 Å². The molecule has 0 aromatic rings. The maximum atomic E-state index is 8.70. The van der Waals surface area contributed by atoms with E-state index in [9.17, 15) is 0 Å². The first kappa shape index (κ1) is 9.92. The highest BCUT2D eigenvalue weighted by molar-refractivity contribution is 4.70. The third-order valence-corrected chi connectivity index (χ3v) is 2.09. The Kier molecular flexibility index (Phi) is 4.53. The van der Waals surface area contributed by atoms with Crippen molar-refractivity contribution in [2.45, 2.75) is 12.5 Å². The van der Waals surface area contributed by atoms with Gasteiger partial charge >= 0.3 is 0 Å². The second-order valence-corrected chi connectivity index (χ2v) is 3.03. The second kappa shape index (κ2) is 5.48. The lowest BCUT2D eigenvalue weighted by Crippen LogP contribution is -2.43. The molecule has 0 bridgehead atoms. The van der Waals surface area contributed by atoms with Crippen LogP contribution in [0.1, 0.15) is 6.42 Å². The topological polar surface area (TPSA) is 52.9 Å². The van der Waals surface area contributed by atoms with Gasteiger partial charge in [-0.25, -0.2) is 0 Å². The highest BCUT2D eigenvalue weighted by Crippen LogP contribution is 2.07. The van der Waals surface area contributed by atoms with Gasteiger partial charge in [0.2, 0.25) is 0 Å². The minimum atomic E-state index is 0.148. The number of hydrogen-bond acceptors (Lipinski definition) is 4. The Balaban J connectivity index is 2.20. The molecule has 1 aliphatic rings. The van der Waals surface area contributed by atoms with Crippen LogP contribution >= 0.6 is 0 Å². The van der Waals surface area contributed by atoms with E-state index in [0.717, 1.165) is 13.1 Å².